The van der Waals surface area contributed by atoms with Crippen molar-refractivity contribution in [3.05, 3.63) is 40.4 Å². The first kappa shape index (κ1) is 15.2. The van der Waals surface area contributed by atoms with Crippen molar-refractivity contribution < 1.29 is 5.11 Å². The topological polar surface area (TPSA) is 106 Å². The molecule has 0 saturated carbocycles. The van der Waals surface area contributed by atoms with Crippen LogP contribution < -0.4 is 0 Å². The number of nitrogens with one attached hydrogen (secondary N) is 3. The number of aromatic nitrogens is 6. The van der Waals surface area contributed by atoms with Crippen molar-refractivity contribution in [3.8, 4) is 22.6 Å². The predicted molar refractivity (Wildman–Crippen MR) is 91.9 cm³/mol. The van der Waals surface area contributed by atoms with Gasteiger partial charge in [-0.1, -0.05) is 29.3 Å². The summed E-state index contributed by atoms with van der Waals surface area (Å²) in [7, 11) is 0. The van der Waals surface area contributed by atoms with Gasteiger partial charge in [0.05, 0.1) is 27.5 Å². The molecule has 0 bridgehead atoms. The van der Waals surface area contributed by atoms with Gasteiger partial charge in [-0.3, -0.25) is 10.2 Å². The minimum atomic E-state index is -0.769. The lowest BCUT2D eigenvalue weighted by Crippen LogP contribution is -1.93. The van der Waals surface area contributed by atoms with E-state index < -0.39 is 6.10 Å². The van der Waals surface area contributed by atoms with E-state index in [-0.39, 0.29) is 0 Å². The summed E-state index contributed by atoms with van der Waals surface area (Å²) in [6, 6.07) is 3.63. The van der Waals surface area contributed by atoms with Crippen molar-refractivity contribution in [2.24, 2.45) is 0 Å². The Bertz CT molecular complexity index is 1020. The summed E-state index contributed by atoms with van der Waals surface area (Å²) in [6.07, 6.45) is 2.72. The van der Waals surface area contributed by atoms with E-state index >= 15 is 0 Å². The molecule has 0 aliphatic heterocycles. The Morgan fingerprint density at radius 1 is 1.25 bits per heavy atom. The van der Waals surface area contributed by atoms with Gasteiger partial charge >= 0.3 is 0 Å². The highest BCUT2D eigenvalue weighted by Gasteiger charge is 2.21. The van der Waals surface area contributed by atoms with Gasteiger partial charge in [-0.15, -0.1) is 0 Å². The Hall–Kier alpha value is -2.35. The SMILES string of the molecule is CC(O)c1n[nH]c(-c2[nH]c3c(Cl)c(Cl)ccc3c2-c2cn[nH]c2)n1. The number of nitrogens with zero attached hydrogens (tertiary/aromatic N) is 3. The van der Waals surface area contributed by atoms with Gasteiger partial charge in [0, 0.05) is 22.7 Å². The van der Waals surface area contributed by atoms with Crippen LogP contribution >= 0.6 is 23.2 Å². The Kier molecular flexibility index (Phi) is 3.56. The normalized spacial score (nSPS) is 12.8. The summed E-state index contributed by atoms with van der Waals surface area (Å²) >= 11 is 12.5. The van der Waals surface area contributed by atoms with E-state index in [1.807, 2.05) is 6.07 Å². The molecule has 0 spiro atoms. The second-order valence-corrected chi connectivity index (χ2v) is 6.15. The highest BCUT2D eigenvalue weighted by atomic mass is 35.5. The summed E-state index contributed by atoms with van der Waals surface area (Å²) in [4.78, 5) is 7.60. The molecule has 7 nitrogen and oxygen atoms in total. The molecule has 1 aromatic carbocycles. The van der Waals surface area contributed by atoms with Gasteiger partial charge in [0.15, 0.2) is 11.6 Å². The van der Waals surface area contributed by atoms with Crippen LogP contribution in [0.4, 0.5) is 0 Å². The molecule has 4 rings (SSSR count). The lowest BCUT2D eigenvalue weighted by atomic mass is 10.0. The summed E-state index contributed by atoms with van der Waals surface area (Å²) < 4.78 is 0. The molecule has 4 aromatic rings. The smallest absolute Gasteiger partial charge is 0.179 e. The zero-order valence-corrected chi connectivity index (χ0v) is 13.9. The van der Waals surface area contributed by atoms with E-state index in [4.69, 9.17) is 23.2 Å². The molecule has 0 aliphatic carbocycles. The van der Waals surface area contributed by atoms with Gasteiger partial charge in [0.1, 0.15) is 6.10 Å². The van der Waals surface area contributed by atoms with Crippen LogP contribution in [0.2, 0.25) is 10.0 Å². The van der Waals surface area contributed by atoms with Crippen molar-refractivity contribution in [3.63, 3.8) is 0 Å². The number of hydrogen-bond acceptors (Lipinski definition) is 4. The molecule has 122 valence electrons. The number of aliphatic hydroxyl groups is 1. The van der Waals surface area contributed by atoms with Crippen LogP contribution in [0.15, 0.2) is 24.5 Å². The average Bonchev–Trinajstić information content (AvgIpc) is 3.28. The number of rotatable bonds is 3. The van der Waals surface area contributed by atoms with E-state index in [2.05, 4.69) is 30.4 Å². The monoisotopic (exact) mass is 362 g/mol. The van der Waals surface area contributed by atoms with Crippen LogP contribution in [0.25, 0.3) is 33.5 Å². The number of benzene rings is 1. The fraction of sp³-hybridized carbons (Fsp3) is 0.133. The first-order chi connectivity index (χ1) is 11.6. The van der Waals surface area contributed by atoms with E-state index in [9.17, 15) is 5.11 Å². The van der Waals surface area contributed by atoms with Gasteiger partial charge in [-0.25, -0.2) is 4.98 Å². The third kappa shape index (κ3) is 2.29. The highest BCUT2D eigenvalue weighted by Crippen LogP contribution is 2.41. The number of fused-ring (bicyclic) bond motifs is 1. The van der Waals surface area contributed by atoms with Gasteiger partial charge in [-0.2, -0.15) is 10.2 Å². The van der Waals surface area contributed by atoms with E-state index in [1.165, 1.54) is 0 Å². The van der Waals surface area contributed by atoms with Crippen LogP contribution in [0.3, 0.4) is 0 Å². The van der Waals surface area contributed by atoms with Crippen molar-refractivity contribution in [1.82, 2.24) is 30.4 Å². The summed E-state index contributed by atoms with van der Waals surface area (Å²) in [5.74, 6) is 0.802. The molecule has 24 heavy (non-hydrogen) atoms. The molecule has 0 radical (unpaired) electrons. The molecule has 3 aromatic heterocycles. The van der Waals surface area contributed by atoms with Gasteiger partial charge in [-0.05, 0) is 13.0 Å². The minimum Gasteiger partial charge on any atom is -0.385 e. The second-order valence-electron chi connectivity index (χ2n) is 5.36. The number of hydrogen-bond donors (Lipinski definition) is 4. The van der Waals surface area contributed by atoms with E-state index in [1.54, 1.807) is 25.4 Å². The molecule has 1 atom stereocenters. The highest BCUT2D eigenvalue weighted by molar-refractivity contribution is 6.45. The fourth-order valence-electron chi connectivity index (χ4n) is 2.64. The van der Waals surface area contributed by atoms with Crippen LogP contribution in [-0.4, -0.2) is 35.5 Å². The van der Waals surface area contributed by atoms with Crippen molar-refractivity contribution in [2.75, 3.05) is 0 Å². The number of aliphatic hydroxyl groups excluding tert-OH is 1. The Balaban J connectivity index is 2.03. The molecule has 1 unspecified atom stereocenters. The maximum absolute atomic E-state index is 9.65. The molecule has 9 heteroatoms. The standard InChI is InChI=1S/C15H12Cl2N6O/c1-6(24)14-21-15(23-22-14)13-10(7-4-18-19-5-7)8-2-3-9(16)11(17)12(8)20-13/h2-6,20,24H,1H3,(H,18,19)(H,21,22,23). The Morgan fingerprint density at radius 3 is 2.75 bits per heavy atom. The largest absolute Gasteiger partial charge is 0.385 e. The van der Waals surface area contributed by atoms with Gasteiger partial charge < -0.3 is 10.1 Å². The zero-order chi connectivity index (χ0) is 16.8. The summed E-state index contributed by atoms with van der Waals surface area (Å²) in [5, 5.41) is 25.1. The average molecular weight is 363 g/mol. The minimum absolute atomic E-state index is 0.311. The van der Waals surface area contributed by atoms with Crippen LogP contribution in [-0.2, 0) is 0 Å². The molecule has 0 fully saturated rings. The zero-order valence-electron chi connectivity index (χ0n) is 12.4. The Morgan fingerprint density at radius 2 is 2.08 bits per heavy atom. The molecule has 3 heterocycles. The quantitative estimate of drug-likeness (QED) is 0.445. The third-order valence-electron chi connectivity index (χ3n) is 3.76. The Labute approximate surface area is 146 Å². The first-order valence-electron chi connectivity index (χ1n) is 7.16. The maximum atomic E-state index is 9.65. The fourth-order valence-corrected chi connectivity index (χ4v) is 3.01. The van der Waals surface area contributed by atoms with Gasteiger partial charge in [0.25, 0.3) is 0 Å². The van der Waals surface area contributed by atoms with E-state index in [0.717, 1.165) is 16.5 Å². The lowest BCUT2D eigenvalue weighted by molar-refractivity contribution is 0.189. The maximum Gasteiger partial charge on any atom is 0.179 e. The van der Waals surface area contributed by atoms with Crippen molar-refractivity contribution in [2.45, 2.75) is 13.0 Å². The van der Waals surface area contributed by atoms with Crippen molar-refractivity contribution in [1.29, 1.82) is 0 Å². The third-order valence-corrected chi connectivity index (χ3v) is 4.57. The molecular formula is C15H12Cl2N6O. The van der Waals surface area contributed by atoms with Crippen LogP contribution in [0, 0.1) is 0 Å². The predicted octanol–water partition coefficient (Wildman–Crippen LogP) is 3.70. The second kappa shape index (κ2) is 5.62. The first-order valence-corrected chi connectivity index (χ1v) is 7.91. The molecular weight excluding hydrogens is 351 g/mol. The van der Waals surface area contributed by atoms with Crippen LogP contribution in [0.1, 0.15) is 18.9 Å². The lowest BCUT2D eigenvalue weighted by Gasteiger charge is -2.00. The molecule has 0 aliphatic rings. The number of halogens is 2. The number of aromatic amines is 3. The molecule has 0 saturated heterocycles. The van der Waals surface area contributed by atoms with Crippen molar-refractivity contribution >= 4 is 34.1 Å². The summed E-state index contributed by atoms with van der Waals surface area (Å²) in [5.41, 5.74) is 3.12. The van der Waals surface area contributed by atoms with Crippen LogP contribution in [0.5, 0.6) is 0 Å². The number of H-pyrrole nitrogens is 3. The van der Waals surface area contributed by atoms with E-state index in [0.29, 0.717) is 32.9 Å². The summed E-state index contributed by atoms with van der Waals surface area (Å²) in [6.45, 7) is 1.60. The molecule has 4 N–H and O–H groups in total. The molecule has 0 amide bonds. The van der Waals surface area contributed by atoms with Gasteiger partial charge in [0.2, 0.25) is 0 Å².